The van der Waals surface area contributed by atoms with Crippen LogP contribution in [0.25, 0.3) is 0 Å². The van der Waals surface area contributed by atoms with Gasteiger partial charge >= 0.3 is 11.8 Å². The van der Waals surface area contributed by atoms with Gasteiger partial charge in [-0.3, -0.25) is 14.5 Å². The van der Waals surface area contributed by atoms with Crippen LogP contribution in [0.1, 0.15) is 35.4 Å². The van der Waals surface area contributed by atoms with Crippen molar-refractivity contribution in [3.05, 3.63) is 89.4 Å². The molecule has 6 heteroatoms. The molecule has 2 aromatic carbocycles. The first-order valence-electron chi connectivity index (χ1n) is 10.7. The van der Waals surface area contributed by atoms with E-state index in [1.54, 1.807) is 12.3 Å². The third kappa shape index (κ3) is 4.86. The molecule has 0 radical (unpaired) electrons. The van der Waals surface area contributed by atoms with E-state index in [4.69, 9.17) is 4.42 Å². The van der Waals surface area contributed by atoms with Crippen LogP contribution in [0.15, 0.2) is 71.3 Å². The summed E-state index contributed by atoms with van der Waals surface area (Å²) < 4.78 is 5.66. The first-order chi connectivity index (χ1) is 15.2. The molecular weight excluding hydrogens is 390 g/mol. The zero-order valence-corrected chi connectivity index (χ0v) is 17.6. The Morgan fingerprint density at radius 3 is 2.55 bits per heavy atom. The molecular formula is C25H27N3O3. The van der Waals surface area contributed by atoms with Crippen LogP contribution in [-0.4, -0.2) is 29.8 Å². The molecule has 6 nitrogen and oxygen atoms in total. The van der Waals surface area contributed by atoms with Crippen molar-refractivity contribution in [3.63, 3.8) is 0 Å². The lowest BCUT2D eigenvalue weighted by atomic mass is 9.98. The molecule has 0 bridgehead atoms. The second-order valence-electron chi connectivity index (χ2n) is 7.70. The predicted molar refractivity (Wildman–Crippen MR) is 119 cm³/mol. The van der Waals surface area contributed by atoms with Gasteiger partial charge in [0.05, 0.1) is 12.3 Å². The number of anilines is 1. The molecule has 3 aromatic rings. The molecule has 0 aliphatic carbocycles. The number of rotatable bonds is 6. The van der Waals surface area contributed by atoms with Crippen LogP contribution in [0.4, 0.5) is 5.69 Å². The van der Waals surface area contributed by atoms with Crippen LogP contribution in [0.5, 0.6) is 0 Å². The number of carbonyl (C=O) groups is 2. The van der Waals surface area contributed by atoms with Gasteiger partial charge in [0.1, 0.15) is 5.76 Å². The van der Waals surface area contributed by atoms with E-state index in [0.717, 1.165) is 37.3 Å². The normalized spacial score (nSPS) is 14.5. The van der Waals surface area contributed by atoms with Gasteiger partial charge in [0.15, 0.2) is 0 Å². The fourth-order valence-electron chi connectivity index (χ4n) is 4.07. The molecule has 0 fully saturated rings. The molecule has 0 saturated carbocycles. The quantitative estimate of drug-likeness (QED) is 0.600. The van der Waals surface area contributed by atoms with E-state index in [1.165, 1.54) is 11.1 Å². The number of amides is 2. The van der Waals surface area contributed by atoms with Crippen LogP contribution >= 0.6 is 0 Å². The maximum absolute atomic E-state index is 12.5. The molecule has 1 unspecified atom stereocenters. The van der Waals surface area contributed by atoms with Crippen molar-refractivity contribution in [3.8, 4) is 0 Å². The summed E-state index contributed by atoms with van der Waals surface area (Å²) in [6, 6.07) is 19.5. The Morgan fingerprint density at radius 2 is 1.77 bits per heavy atom. The molecule has 4 rings (SSSR count). The van der Waals surface area contributed by atoms with E-state index >= 15 is 0 Å². The van der Waals surface area contributed by atoms with Crippen molar-refractivity contribution in [1.29, 1.82) is 0 Å². The topological polar surface area (TPSA) is 74.6 Å². The summed E-state index contributed by atoms with van der Waals surface area (Å²) >= 11 is 0. The number of nitrogens with one attached hydrogen (secondary N) is 2. The van der Waals surface area contributed by atoms with Gasteiger partial charge in [-0.2, -0.15) is 0 Å². The summed E-state index contributed by atoms with van der Waals surface area (Å²) in [5, 5.41) is 5.52. The van der Waals surface area contributed by atoms with Gasteiger partial charge in [-0.15, -0.1) is 0 Å². The highest BCUT2D eigenvalue weighted by atomic mass is 16.3. The number of benzene rings is 2. The number of hydrogen-bond acceptors (Lipinski definition) is 4. The zero-order valence-electron chi connectivity index (χ0n) is 17.6. The van der Waals surface area contributed by atoms with E-state index < -0.39 is 11.8 Å². The van der Waals surface area contributed by atoms with Gasteiger partial charge in [-0.25, -0.2) is 0 Å². The summed E-state index contributed by atoms with van der Waals surface area (Å²) in [6.07, 6.45) is 3.35. The molecule has 2 amide bonds. The number of furan rings is 1. The van der Waals surface area contributed by atoms with E-state index in [0.29, 0.717) is 5.69 Å². The minimum Gasteiger partial charge on any atom is -0.468 e. The lowest BCUT2D eigenvalue weighted by Crippen LogP contribution is -2.43. The Labute approximate surface area is 182 Å². The van der Waals surface area contributed by atoms with E-state index in [2.05, 4.69) is 33.7 Å². The molecule has 1 atom stereocenters. The van der Waals surface area contributed by atoms with Gasteiger partial charge in [-0.1, -0.05) is 49.4 Å². The minimum absolute atomic E-state index is 0.150. The standard InChI is InChI=1S/C25H27N3O3/c1-2-18-8-5-6-11-21(18)27-25(30)24(29)26-16-22(23-12-7-15-31-23)28-14-13-19-9-3-4-10-20(19)17-28/h3-12,15,22H,2,13-14,16-17H2,1H3,(H,26,29)(H,27,30). The molecule has 1 aliphatic rings. The Bertz CT molecular complexity index is 1050. The number of nitrogens with zero attached hydrogens (tertiary/aromatic N) is 1. The van der Waals surface area contributed by atoms with Gasteiger partial charge in [0.25, 0.3) is 0 Å². The fourth-order valence-corrected chi connectivity index (χ4v) is 4.07. The molecule has 1 aliphatic heterocycles. The van der Waals surface area contributed by atoms with Gasteiger partial charge in [0, 0.05) is 25.3 Å². The van der Waals surface area contributed by atoms with Crippen molar-refractivity contribution in [2.24, 2.45) is 0 Å². The van der Waals surface area contributed by atoms with Crippen LogP contribution < -0.4 is 10.6 Å². The van der Waals surface area contributed by atoms with Gasteiger partial charge in [-0.05, 0) is 47.7 Å². The summed E-state index contributed by atoms with van der Waals surface area (Å²) in [7, 11) is 0. The SMILES string of the molecule is CCc1ccccc1NC(=O)C(=O)NCC(c1ccco1)N1CCc2ccccc2C1. The van der Waals surface area contributed by atoms with E-state index in [9.17, 15) is 9.59 Å². The van der Waals surface area contributed by atoms with Crippen LogP contribution in [0.3, 0.4) is 0 Å². The molecule has 2 N–H and O–H groups in total. The van der Waals surface area contributed by atoms with Gasteiger partial charge in [0.2, 0.25) is 0 Å². The summed E-state index contributed by atoms with van der Waals surface area (Å²) in [5.41, 5.74) is 4.30. The first-order valence-corrected chi connectivity index (χ1v) is 10.7. The summed E-state index contributed by atoms with van der Waals surface area (Å²) in [4.78, 5) is 27.3. The number of hydrogen-bond donors (Lipinski definition) is 2. The molecule has 31 heavy (non-hydrogen) atoms. The molecule has 160 valence electrons. The first kappa shape index (κ1) is 20.9. The maximum Gasteiger partial charge on any atom is 0.313 e. The van der Waals surface area contributed by atoms with Crippen LogP contribution in [-0.2, 0) is 29.0 Å². The Hall–Kier alpha value is -3.38. The second-order valence-corrected chi connectivity index (χ2v) is 7.70. The number of fused-ring (bicyclic) bond motifs is 1. The number of carbonyl (C=O) groups excluding carboxylic acids is 2. The zero-order chi connectivity index (χ0) is 21.6. The minimum atomic E-state index is -0.664. The smallest absolute Gasteiger partial charge is 0.313 e. The van der Waals surface area contributed by atoms with Gasteiger partial charge < -0.3 is 15.1 Å². The van der Waals surface area contributed by atoms with E-state index in [1.807, 2.05) is 43.3 Å². The van der Waals surface area contributed by atoms with Crippen molar-refractivity contribution < 1.29 is 14.0 Å². The molecule has 0 saturated heterocycles. The highest BCUT2D eigenvalue weighted by Gasteiger charge is 2.28. The third-order valence-electron chi connectivity index (χ3n) is 5.78. The largest absolute Gasteiger partial charge is 0.468 e. The maximum atomic E-state index is 12.5. The average molecular weight is 418 g/mol. The highest BCUT2D eigenvalue weighted by Crippen LogP contribution is 2.28. The van der Waals surface area contributed by atoms with Crippen molar-refractivity contribution in [2.75, 3.05) is 18.4 Å². The lowest BCUT2D eigenvalue weighted by Gasteiger charge is -2.34. The third-order valence-corrected chi connectivity index (χ3v) is 5.78. The Balaban J connectivity index is 1.42. The monoisotopic (exact) mass is 417 g/mol. The number of para-hydroxylation sites is 1. The Kier molecular flexibility index (Phi) is 6.48. The van der Waals surface area contributed by atoms with Crippen LogP contribution in [0, 0.1) is 0 Å². The van der Waals surface area contributed by atoms with Crippen molar-refractivity contribution in [2.45, 2.75) is 32.4 Å². The lowest BCUT2D eigenvalue weighted by molar-refractivity contribution is -0.136. The molecule has 1 aromatic heterocycles. The van der Waals surface area contributed by atoms with Crippen LogP contribution in [0.2, 0.25) is 0 Å². The molecule has 0 spiro atoms. The predicted octanol–water partition coefficient (Wildman–Crippen LogP) is 3.70. The van der Waals surface area contributed by atoms with Crippen molar-refractivity contribution in [1.82, 2.24) is 10.2 Å². The highest BCUT2D eigenvalue weighted by molar-refractivity contribution is 6.39. The number of aryl methyl sites for hydroxylation is 1. The summed E-state index contributed by atoms with van der Waals surface area (Å²) in [6.45, 7) is 3.93. The van der Waals surface area contributed by atoms with Crippen molar-refractivity contribution >= 4 is 17.5 Å². The van der Waals surface area contributed by atoms with E-state index in [-0.39, 0.29) is 12.6 Å². The summed E-state index contributed by atoms with van der Waals surface area (Å²) in [5.74, 6) is -0.542. The second kappa shape index (κ2) is 9.62. The average Bonchev–Trinajstić information content (AvgIpc) is 3.34. The Morgan fingerprint density at radius 1 is 1.00 bits per heavy atom. The molecule has 2 heterocycles. The fraction of sp³-hybridized carbons (Fsp3) is 0.280.